The van der Waals surface area contributed by atoms with Crippen molar-refractivity contribution in [1.29, 1.82) is 0 Å². The Morgan fingerprint density at radius 1 is 1.26 bits per heavy atom. The molecule has 1 atom stereocenters. The Labute approximate surface area is 176 Å². The van der Waals surface area contributed by atoms with E-state index in [0.717, 1.165) is 31.0 Å². The van der Waals surface area contributed by atoms with Crippen LogP contribution in [-0.4, -0.2) is 41.0 Å². The number of anilines is 1. The molecule has 31 heavy (non-hydrogen) atoms. The zero-order valence-corrected chi connectivity index (χ0v) is 16.5. The van der Waals surface area contributed by atoms with Gasteiger partial charge in [0.15, 0.2) is 11.4 Å². The monoisotopic (exact) mass is 429 g/mol. The van der Waals surface area contributed by atoms with Crippen LogP contribution >= 0.6 is 0 Å². The molecular formula is C22H21F2N3O4. The average Bonchev–Trinajstić information content (AvgIpc) is 3.33. The van der Waals surface area contributed by atoms with E-state index >= 15 is 0 Å². The summed E-state index contributed by atoms with van der Waals surface area (Å²) in [6.45, 7) is 1.52. The van der Waals surface area contributed by atoms with Crippen LogP contribution in [0.3, 0.4) is 0 Å². The first-order valence-corrected chi connectivity index (χ1v) is 9.84. The fourth-order valence-electron chi connectivity index (χ4n) is 3.96. The summed E-state index contributed by atoms with van der Waals surface area (Å²) in [4.78, 5) is 26.8. The lowest BCUT2D eigenvalue weighted by atomic mass is 10.1. The standard InChI is InChI=1S/C22H21F2N3O4/c23-14-8-16-18(20(21(25)29)31-19(16)17(24)9-14)26-22(30)13-4-1-3-12(7-13)10-27-6-2-5-15(27)11-28/h1,3-4,7-9,15,28H,2,5-6,10-11H2,(H2,25,29)(H,26,30)/t15-/m1/s1. The number of hydrogen-bond donors (Lipinski definition) is 3. The average molecular weight is 429 g/mol. The Balaban J connectivity index is 1.62. The summed E-state index contributed by atoms with van der Waals surface area (Å²) in [5.41, 5.74) is 5.90. The summed E-state index contributed by atoms with van der Waals surface area (Å²) in [6.07, 6.45) is 1.93. The number of rotatable bonds is 6. The zero-order valence-electron chi connectivity index (χ0n) is 16.5. The second kappa shape index (κ2) is 8.44. The molecule has 2 aromatic carbocycles. The maximum absolute atomic E-state index is 14.1. The molecule has 3 aromatic rings. The zero-order chi connectivity index (χ0) is 22.1. The van der Waals surface area contributed by atoms with Crippen molar-refractivity contribution in [1.82, 2.24) is 4.90 Å². The summed E-state index contributed by atoms with van der Waals surface area (Å²) in [5.74, 6) is -3.97. The second-order valence-electron chi connectivity index (χ2n) is 7.54. The Hall–Kier alpha value is -3.30. The van der Waals surface area contributed by atoms with Crippen LogP contribution in [0, 0.1) is 11.6 Å². The first-order chi connectivity index (χ1) is 14.9. The number of halogens is 2. The number of benzene rings is 2. The van der Waals surface area contributed by atoms with Gasteiger partial charge < -0.3 is 20.6 Å². The molecule has 4 rings (SSSR count). The van der Waals surface area contributed by atoms with Gasteiger partial charge in [0.25, 0.3) is 11.8 Å². The summed E-state index contributed by atoms with van der Waals surface area (Å²) in [7, 11) is 0. The molecule has 2 heterocycles. The number of likely N-dealkylation sites (tertiary alicyclic amines) is 1. The van der Waals surface area contributed by atoms with E-state index in [1.165, 1.54) is 0 Å². The molecule has 0 spiro atoms. The van der Waals surface area contributed by atoms with E-state index in [1.807, 2.05) is 6.07 Å². The number of primary amides is 1. The van der Waals surface area contributed by atoms with Crippen molar-refractivity contribution < 1.29 is 27.9 Å². The predicted octanol–water partition coefficient (Wildman–Crippen LogP) is 3.02. The molecule has 4 N–H and O–H groups in total. The molecule has 1 fully saturated rings. The van der Waals surface area contributed by atoms with Gasteiger partial charge in [-0.2, -0.15) is 0 Å². The smallest absolute Gasteiger partial charge is 0.286 e. The third kappa shape index (κ3) is 4.14. The van der Waals surface area contributed by atoms with Gasteiger partial charge in [0.05, 0.1) is 12.0 Å². The minimum atomic E-state index is -1.02. The number of aliphatic hydroxyl groups is 1. The van der Waals surface area contributed by atoms with Gasteiger partial charge >= 0.3 is 0 Å². The molecule has 162 valence electrons. The van der Waals surface area contributed by atoms with Gasteiger partial charge in [-0.1, -0.05) is 12.1 Å². The number of carbonyl (C=O) groups excluding carboxylic acids is 2. The Morgan fingerprint density at radius 2 is 2.06 bits per heavy atom. The fourth-order valence-corrected chi connectivity index (χ4v) is 3.96. The van der Waals surface area contributed by atoms with Crippen molar-refractivity contribution in [3.05, 3.63) is 64.9 Å². The molecule has 9 heteroatoms. The number of amides is 2. The highest BCUT2D eigenvalue weighted by Gasteiger charge is 2.25. The maximum atomic E-state index is 14.1. The normalized spacial score (nSPS) is 16.7. The third-order valence-electron chi connectivity index (χ3n) is 5.46. The van der Waals surface area contributed by atoms with Crippen molar-refractivity contribution in [3.8, 4) is 0 Å². The number of fused-ring (bicyclic) bond motifs is 1. The number of nitrogens with one attached hydrogen (secondary N) is 1. The minimum Gasteiger partial charge on any atom is -0.446 e. The Morgan fingerprint density at radius 3 is 2.81 bits per heavy atom. The van der Waals surface area contributed by atoms with Crippen LogP contribution in [0.25, 0.3) is 11.0 Å². The van der Waals surface area contributed by atoms with E-state index in [4.69, 9.17) is 10.2 Å². The third-order valence-corrected chi connectivity index (χ3v) is 5.46. The molecule has 0 radical (unpaired) electrons. The molecule has 2 amide bonds. The fraction of sp³-hybridized carbons (Fsp3) is 0.273. The first kappa shape index (κ1) is 21.0. The summed E-state index contributed by atoms with van der Waals surface area (Å²) in [5, 5.41) is 11.9. The quantitative estimate of drug-likeness (QED) is 0.558. The van der Waals surface area contributed by atoms with Crippen LogP contribution in [0.2, 0.25) is 0 Å². The van der Waals surface area contributed by atoms with Crippen LogP contribution in [0.5, 0.6) is 0 Å². The molecule has 0 saturated carbocycles. The van der Waals surface area contributed by atoms with E-state index in [1.54, 1.807) is 18.2 Å². The van der Waals surface area contributed by atoms with Crippen LogP contribution in [0.1, 0.15) is 39.3 Å². The van der Waals surface area contributed by atoms with Crippen molar-refractivity contribution >= 4 is 28.5 Å². The molecule has 0 unspecified atom stereocenters. The van der Waals surface area contributed by atoms with E-state index in [9.17, 15) is 23.5 Å². The number of carbonyl (C=O) groups is 2. The molecule has 7 nitrogen and oxygen atoms in total. The van der Waals surface area contributed by atoms with Gasteiger partial charge in [-0.3, -0.25) is 14.5 Å². The summed E-state index contributed by atoms with van der Waals surface area (Å²) < 4.78 is 32.9. The number of nitrogens with two attached hydrogens (primary N) is 1. The largest absolute Gasteiger partial charge is 0.446 e. The highest BCUT2D eigenvalue weighted by molar-refractivity contribution is 6.14. The lowest BCUT2D eigenvalue weighted by molar-refractivity contribution is 0.0977. The highest BCUT2D eigenvalue weighted by atomic mass is 19.1. The van der Waals surface area contributed by atoms with Gasteiger partial charge in [0.1, 0.15) is 11.5 Å². The first-order valence-electron chi connectivity index (χ1n) is 9.84. The second-order valence-corrected chi connectivity index (χ2v) is 7.54. The lowest BCUT2D eigenvalue weighted by Gasteiger charge is -2.22. The van der Waals surface area contributed by atoms with E-state index < -0.39 is 29.2 Å². The summed E-state index contributed by atoms with van der Waals surface area (Å²) in [6, 6.07) is 8.53. The van der Waals surface area contributed by atoms with Crippen LogP contribution in [-0.2, 0) is 6.54 Å². The van der Waals surface area contributed by atoms with Crippen LogP contribution in [0.4, 0.5) is 14.5 Å². The van der Waals surface area contributed by atoms with Crippen molar-refractivity contribution in [2.45, 2.75) is 25.4 Å². The van der Waals surface area contributed by atoms with E-state index in [2.05, 4.69) is 10.2 Å². The molecule has 0 aliphatic carbocycles. The minimum absolute atomic E-state index is 0.0801. The molecule has 1 aromatic heterocycles. The van der Waals surface area contributed by atoms with E-state index in [-0.39, 0.29) is 29.3 Å². The van der Waals surface area contributed by atoms with Crippen molar-refractivity contribution in [2.75, 3.05) is 18.5 Å². The SMILES string of the molecule is NC(=O)c1oc2c(F)cc(F)cc2c1NC(=O)c1cccc(CN2CCC[C@@H]2CO)c1. The van der Waals surface area contributed by atoms with Crippen LogP contribution < -0.4 is 11.1 Å². The molecule has 1 aliphatic heterocycles. The van der Waals surface area contributed by atoms with Gasteiger partial charge in [-0.25, -0.2) is 8.78 Å². The number of aliphatic hydroxyl groups excluding tert-OH is 1. The lowest BCUT2D eigenvalue weighted by Crippen LogP contribution is -2.31. The van der Waals surface area contributed by atoms with Crippen molar-refractivity contribution in [3.63, 3.8) is 0 Å². The van der Waals surface area contributed by atoms with Gasteiger partial charge in [0, 0.05) is 24.2 Å². The van der Waals surface area contributed by atoms with Gasteiger partial charge in [-0.05, 0) is 43.1 Å². The van der Waals surface area contributed by atoms with Crippen molar-refractivity contribution in [2.24, 2.45) is 5.73 Å². The predicted molar refractivity (Wildman–Crippen MR) is 110 cm³/mol. The van der Waals surface area contributed by atoms with Gasteiger partial charge in [-0.15, -0.1) is 0 Å². The molecule has 0 bridgehead atoms. The van der Waals surface area contributed by atoms with E-state index in [0.29, 0.717) is 18.2 Å². The van der Waals surface area contributed by atoms with Gasteiger partial charge in [0.2, 0.25) is 5.76 Å². The molecule has 1 saturated heterocycles. The van der Waals surface area contributed by atoms with Crippen LogP contribution in [0.15, 0.2) is 40.8 Å². The molecule has 1 aliphatic rings. The Kier molecular flexibility index (Phi) is 5.71. The maximum Gasteiger partial charge on any atom is 0.286 e. The molecular weight excluding hydrogens is 408 g/mol. The summed E-state index contributed by atoms with van der Waals surface area (Å²) >= 11 is 0. The Bertz CT molecular complexity index is 1160. The number of hydrogen-bond acceptors (Lipinski definition) is 5. The number of furan rings is 1. The number of nitrogens with zero attached hydrogens (tertiary/aromatic N) is 1. The topological polar surface area (TPSA) is 109 Å². The highest BCUT2D eigenvalue weighted by Crippen LogP contribution is 2.33.